The quantitative estimate of drug-likeness (QED) is 0.833. The highest BCUT2D eigenvalue weighted by atomic mass is 79.9. The van der Waals surface area contributed by atoms with Crippen LogP contribution in [-0.2, 0) is 12.0 Å². The average Bonchev–Trinajstić information content (AvgIpc) is 2.67. The van der Waals surface area contributed by atoms with Crippen molar-refractivity contribution in [2.75, 3.05) is 27.7 Å². The summed E-state index contributed by atoms with van der Waals surface area (Å²) in [5.41, 5.74) is 1.38. The van der Waals surface area contributed by atoms with Gasteiger partial charge in [-0.25, -0.2) is 0 Å². The van der Waals surface area contributed by atoms with Gasteiger partial charge in [-0.2, -0.15) is 5.10 Å². The van der Waals surface area contributed by atoms with Gasteiger partial charge in [0.1, 0.15) is 0 Å². The maximum absolute atomic E-state index is 4.51. The molecule has 0 aliphatic rings. The van der Waals surface area contributed by atoms with Crippen LogP contribution >= 0.6 is 15.9 Å². The SMILES string of the molecule is CNC(C)CC(C)(C)c1c(Br)cnn1CCN(C)C. The van der Waals surface area contributed by atoms with E-state index in [9.17, 15) is 0 Å². The fourth-order valence-corrected chi connectivity index (χ4v) is 3.30. The molecule has 1 unspecified atom stereocenters. The van der Waals surface area contributed by atoms with Crippen molar-refractivity contribution in [1.82, 2.24) is 20.0 Å². The molecule has 0 aromatic carbocycles. The lowest BCUT2D eigenvalue weighted by atomic mass is 9.82. The van der Waals surface area contributed by atoms with Gasteiger partial charge in [0, 0.05) is 18.0 Å². The minimum absolute atomic E-state index is 0.0874. The van der Waals surface area contributed by atoms with Crippen LogP contribution in [0.4, 0.5) is 0 Å². The first-order chi connectivity index (χ1) is 8.77. The normalized spacial score (nSPS) is 14.1. The van der Waals surface area contributed by atoms with E-state index in [1.807, 2.05) is 13.2 Å². The lowest BCUT2D eigenvalue weighted by Gasteiger charge is -2.29. The monoisotopic (exact) mass is 330 g/mol. The molecular weight excluding hydrogens is 304 g/mol. The fraction of sp³-hybridized carbons (Fsp3) is 0.786. The van der Waals surface area contributed by atoms with E-state index in [2.05, 4.69) is 70.8 Å². The Morgan fingerprint density at radius 3 is 2.63 bits per heavy atom. The Kier molecular flexibility index (Phi) is 6.02. The van der Waals surface area contributed by atoms with Gasteiger partial charge in [0.25, 0.3) is 0 Å². The molecule has 1 rings (SSSR count). The van der Waals surface area contributed by atoms with Crippen molar-refractivity contribution in [3.63, 3.8) is 0 Å². The first-order valence-electron chi connectivity index (χ1n) is 6.81. The summed E-state index contributed by atoms with van der Waals surface area (Å²) in [5.74, 6) is 0. The first-order valence-corrected chi connectivity index (χ1v) is 7.61. The summed E-state index contributed by atoms with van der Waals surface area (Å²) in [6.07, 6.45) is 2.99. The van der Waals surface area contributed by atoms with E-state index >= 15 is 0 Å². The summed E-state index contributed by atoms with van der Waals surface area (Å²) < 4.78 is 3.24. The van der Waals surface area contributed by atoms with Crippen LogP contribution in [0.25, 0.3) is 0 Å². The highest BCUT2D eigenvalue weighted by Gasteiger charge is 2.29. The zero-order chi connectivity index (χ0) is 14.6. The van der Waals surface area contributed by atoms with Crippen LogP contribution in [0.5, 0.6) is 0 Å². The molecule has 19 heavy (non-hydrogen) atoms. The third kappa shape index (κ3) is 4.58. The number of aromatic nitrogens is 2. The molecule has 0 aliphatic carbocycles. The van der Waals surface area contributed by atoms with Crippen LogP contribution in [-0.4, -0.2) is 48.4 Å². The van der Waals surface area contributed by atoms with Crippen LogP contribution in [0.2, 0.25) is 0 Å². The van der Waals surface area contributed by atoms with E-state index in [-0.39, 0.29) is 5.41 Å². The van der Waals surface area contributed by atoms with Crippen molar-refractivity contribution < 1.29 is 0 Å². The highest BCUT2D eigenvalue weighted by Crippen LogP contribution is 2.33. The van der Waals surface area contributed by atoms with Gasteiger partial charge >= 0.3 is 0 Å². The molecule has 110 valence electrons. The minimum atomic E-state index is 0.0874. The first kappa shape index (κ1) is 16.7. The molecule has 0 saturated carbocycles. The van der Waals surface area contributed by atoms with Gasteiger partial charge in [-0.05, 0) is 50.4 Å². The molecule has 1 N–H and O–H groups in total. The van der Waals surface area contributed by atoms with Crippen LogP contribution in [0.15, 0.2) is 10.7 Å². The second-order valence-electron chi connectivity index (χ2n) is 6.15. The second-order valence-corrected chi connectivity index (χ2v) is 7.00. The van der Waals surface area contributed by atoms with Gasteiger partial charge in [0.2, 0.25) is 0 Å². The summed E-state index contributed by atoms with van der Waals surface area (Å²) >= 11 is 3.65. The standard InChI is InChI=1S/C14H27BrN4/c1-11(16-4)9-14(2,3)13-12(15)10-17-19(13)8-7-18(5)6/h10-11,16H,7-9H2,1-6H3. The van der Waals surface area contributed by atoms with Gasteiger partial charge in [0.05, 0.1) is 22.9 Å². The van der Waals surface area contributed by atoms with Gasteiger partial charge in [0.15, 0.2) is 0 Å². The second kappa shape index (κ2) is 6.86. The molecule has 1 heterocycles. The third-order valence-corrected chi connectivity index (χ3v) is 4.08. The van der Waals surface area contributed by atoms with Crippen molar-refractivity contribution >= 4 is 15.9 Å². The van der Waals surface area contributed by atoms with E-state index in [1.165, 1.54) is 5.69 Å². The lowest BCUT2D eigenvalue weighted by Crippen LogP contribution is -2.33. The molecule has 0 saturated heterocycles. The zero-order valence-corrected chi connectivity index (χ0v) is 14.6. The number of halogens is 1. The summed E-state index contributed by atoms with van der Waals surface area (Å²) in [6.45, 7) is 8.71. The molecular formula is C14H27BrN4. The maximum Gasteiger partial charge on any atom is 0.0635 e. The van der Waals surface area contributed by atoms with Gasteiger partial charge in [-0.3, -0.25) is 4.68 Å². The topological polar surface area (TPSA) is 33.1 Å². The van der Waals surface area contributed by atoms with E-state index in [0.717, 1.165) is 24.0 Å². The predicted molar refractivity (Wildman–Crippen MR) is 84.6 cm³/mol. The highest BCUT2D eigenvalue weighted by molar-refractivity contribution is 9.10. The summed E-state index contributed by atoms with van der Waals surface area (Å²) in [7, 11) is 6.19. The van der Waals surface area contributed by atoms with E-state index in [1.54, 1.807) is 0 Å². The van der Waals surface area contributed by atoms with Gasteiger partial charge < -0.3 is 10.2 Å². The average molecular weight is 331 g/mol. The number of hydrogen-bond acceptors (Lipinski definition) is 3. The Morgan fingerprint density at radius 2 is 2.11 bits per heavy atom. The van der Waals surface area contributed by atoms with Crippen molar-refractivity contribution in [2.45, 2.75) is 45.2 Å². The molecule has 0 amide bonds. The third-order valence-electron chi connectivity index (χ3n) is 3.50. The molecule has 1 atom stereocenters. The van der Waals surface area contributed by atoms with Crippen molar-refractivity contribution in [3.8, 4) is 0 Å². The molecule has 1 aromatic rings. The van der Waals surface area contributed by atoms with Gasteiger partial charge in [-0.1, -0.05) is 13.8 Å². The van der Waals surface area contributed by atoms with Crippen LogP contribution in [0, 0.1) is 0 Å². The number of nitrogens with zero attached hydrogens (tertiary/aromatic N) is 3. The molecule has 0 spiro atoms. The van der Waals surface area contributed by atoms with Gasteiger partial charge in [-0.15, -0.1) is 0 Å². The number of nitrogens with one attached hydrogen (secondary N) is 1. The Hall–Kier alpha value is -0.390. The molecule has 0 radical (unpaired) electrons. The van der Waals surface area contributed by atoms with Crippen LogP contribution in [0.1, 0.15) is 32.9 Å². The Balaban J connectivity index is 2.94. The zero-order valence-electron chi connectivity index (χ0n) is 13.0. The maximum atomic E-state index is 4.51. The number of rotatable bonds is 7. The molecule has 1 aromatic heterocycles. The fourth-order valence-electron chi connectivity index (χ4n) is 2.46. The number of likely N-dealkylation sites (N-methyl/N-ethyl adjacent to an activating group) is 1. The number of hydrogen-bond donors (Lipinski definition) is 1. The van der Waals surface area contributed by atoms with Crippen LogP contribution in [0.3, 0.4) is 0 Å². The predicted octanol–water partition coefficient (Wildman–Crippen LogP) is 2.48. The van der Waals surface area contributed by atoms with Crippen molar-refractivity contribution in [2.24, 2.45) is 0 Å². The molecule has 0 bridgehead atoms. The summed E-state index contributed by atoms with van der Waals surface area (Å²) in [6, 6.07) is 0.485. The minimum Gasteiger partial charge on any atom is -0.317 e. The van der Waals surface area contributed by atoms with Crippen LogP contribution < -0.4 is 5.32 Å². The molecule has 0 fully saturated rings. The molecule has 4 nitrogen and oxygen atoms in total. The lowest BCUT2D eigenvalue weighted by molar-refractivity contribution is 0.339. The largest absolute Gasteiger partial charge is 0.317 e. The Morgan fingerprint density at radius 1 is 1.47 bits per heavy atom. The van der Waals surface area contributed by atoms with E-state index < -0.39 is 0 Å². The van der Waals surface area contributed by atoms with E-state index in [0.29, 0.717) is 6.04 Å². The molecule has 5 heteroatoms. The summed E-state index contributed by atoms with van der Waals surface area (Å²) in [5, 5.41) is 7.83. The Bertz CT molecular complexity index is 398. The smallest absolute Gasteiger partial charge is 0.0635 e. The van der Waals surface area contributed by atoms with Crippen molar-refractivity contribution in [3.05, 3.63) is 16.4 Å². The van der Waals surface area contributed by atoms with Crippen molar-refractivity contribution in [1.29, 1.82) is 0 Å². The molecule has 0 aliphatic heterocycles. The van der Waals surface area contributed by atoms with E-state index in [4.69, 9.17) is 0 Å². The Labute approximate surface area is 125 Å². The summed E-state index contributed by atoms with van der Waals surface area (Å²) in [4.78, 5) is 2.18.